The molecule has 2 saturated heterocycles. The Hall–Kier alpha value is -6.70. The smallest absolute Gasteiger partial charge is 0.407 e. The van der Waals surface area contributed by atoms with E-state index in [1.807, 2.05) is 68.1 Å². The van der Waals surface area contributed by atoms with Crippen LogP contribution in [-0.2, 0) is 19.1 Å². The molecule has 0 spiro atoms. The van der Waals surface area contributed by atoms with Gasteiger partial charge in [-0.3, -0.25) is 19.6 Å². The van der Waals surface area contributed by atoms with Gasteiger partial charge >= 0.3 is 12.2 Å². The summed E-state index contributed by atoms with van der Waals surface area (Å²) in [6.45, 7) is 9.25. The average molecular weight is 895 g/mol. The summed E-state index contributed by atoms with van der Waals surface area (Å²) in [5, 5.41) is 5.47. The third-order valence-corrected chi connectivity index (χ3v) is 13.8. The van der Waals surface area contributed by atoms with Crippen LogP contribution in [0.4, 0.5) is 9.59 Å². The maximum Gasteiger partial charge on any atom is 0.407 e. The molecule has 1 unspecified atom stereocenters. The van der Waals surface area contributed by atoms with Gasteiger partial charge in [0.05, 0.1) is 26.3 Å². The van der Waals surface area contributed by atoms with Crippen molar-refractivity contribution in [3.63, 3.8) is 0 Å². The molecule has 344 valence electrons. The van der Waals surface area contributed by atoms with E-state index in [9.17, 15) is 19.2 Å². The number of aliphatic imine (C=N–C) groups is 2. The van der Waals surface area contributed by atoms with Gasteiger partial charge in [-0.15, -0.1) is 0 Å². The first kappa shape index (κ1) is 44.5. The summed E-state index contributed by atoms with van der Waals surface area (Å²) >= 11 is 0. The number of fused-ring (bicyclic) bond motifs is 4. The van der Waals surface area contributed by atoms with Gasteiger partial charge in [-0.1, -0.05) is 82.3 Å². The first-order valence-electron chi connectivity index (χ1n) is 23.1. The molecule has 3 aromatic rings. The summed E-state index contributed by atoms with van der Waals surface area (Å²) in [4.78, 5) is 65.3. The predicted octanol–water partition coefficient (Wildman–Crippen LogP) is 8.24. The normalized spacial score (nSPS) is 21.7. The van der Waals surface area contributed by atoms with E-state index in [1.165, 1.54) is 14.2 Å². The Morgan fingerprint density at radius 2 is 1.20 bits per heavy atom. The summed E-state index contributed by atoms with van der Waals surface area (Å²) in [5.74, 6) is 1.09. The fourth-order valence-corrected chi connectivity index (χ4v) is 10.3. The minimum Gasteiger partial charge on any atom is -0.488 e. The Morgan fingerprint density at radius 3 is 1.71 bits per heavy atom. The molecule has 6 aliphatic heterocycles. The molecule has 0 radical (unpaired) electrons. The monoisotopic (exact) mass is 894 g/mol. The number of alkyl carbamates (subject to hydrolysis) is 2. The Labute approximate surface area is 385 Å². The highest BCUT2D eigenvalue weighted by atomic mass is 16.5. The molecule has 5 atom stereocenters. The number of methoxy groups -OCH3 is 2. The Balaban J connectivity index is 0.931. The van der Waals surface area contributed by atoms with E-state index < -0.39 is 24.3 Å². The van der Waals surface area contributed by atoms with Crippen LogP contribution in [0.15, 0.2) is 89.1 Å². The van der Waals surface area contributed by atoms with Crippen LogP contribution in [0.1, 0.15) is 100 Å². The minimum absolute atomic E-state index is 0.109. The number of nitrogens with zero attached hydrogens (tertiary/aromatic N) is 4. The standard InChI is InChI=1S/C52H58N6O8/c1-29(2)46(55-51(61)63-5)49(59)57-20-10-14-41(57)39-22-34(26-53-39)32-17-19-37-43(24-32)65-28-38-36-18-16-33(25-44(36)66-48(45(37)38)31-12-8-7-9-13-31)35-23-40(54-27-35)42-15-11-21-58(42)50(60)47(30(3)4)56-52(62)64-6/h7-9,12-13,16-19,24-27,29-30,41-42,46-48H,10-11,14-15,20-23,28H2,1-6H3,(H,55,61)(H,56,62)/t41-,42-,46-,47-,48?/m0/s1. The molecule has 4 amide bonds. The lowest BCUT2D eigenvalue weighted by molar-refractivity contribution is -0.134. The van der Waals surface area contributed by atoms with Gasteiger partial charge in [-0.25, -0.2) is 9.59 Å². The predicted molar refractivity (Wildman–Crippen MR) is 253 cm³/mol. The molecule has 2 N–H and O–H groups in total. The minimum atomic E-state index is -0.691. The summed E-state index contributed by atoms with van der Waals surface area (Å²) in [6, 6.07) is 21.3. The van der Waals surface area contributed by atoms with Crippen LogP contribution < -0.4 is 20.1 Å². The third kappa shape index (κ3) is 8.49. The summed E-state index contributed by atoms with van der Waals surface area (Å²) < 4.78 is 23.3. The fraction of sp³-hybridized carbons (Fsp3) is 0.423. The van der Waals surface area contributed by atoms with Crippen molar-refractivity contribution in [3.8, 4) is 11.5 Å². The number of amides is 4. The van der Waals surface area contributed by atoms with E-state index in [4.69, 9.17) is 28.9 Å². The van der Waals surface area contributed by atoms with Crippen molar-refractivity contribution in [3.05, 3.63) is 107 Å². The number of ether oxygens (including phenoxy) is 4. The average Bonchev–Trinajstić information content (AvgIpc) is 4.19. The number of carbonyl (C=O) groups is 4. The highest BCUT2D eigenvalue weighted by Crippen LogP contribution is 2.52. The third-order valence-electron chi connectivity index (χ3n) is 13.8. The number of benzene rings is 3. The second kappa shape index (κ2) is 18.7. The fourth-order valence-electron chi connectivity index (χ4n) is 10.3. The van der Waals surface area contributed by atoms with Gasteiger partial charge in [0.25, 0.3) is 0 Å². The zero-order valence-corrected chi connectivity index (χ0v) is 38.5. The molecule has 14 nitrogen and oxygen atoms in total. The molecular weight excluding hydrogens is 837 g/mol. The highest BCUT2D eigenvalue weighted by molar-refractivity contribution is 6.06. The van der Waals surface area contributed by atoms with Gasteiger partial charge in [0, 0.05) is 72.0 Å². The lowest BCUT2D eigenvalue weighted by atomic mass is 9.83. The van der Waals surface area contributed by atoms with Crippen molar-refractivity contribution in [2.75, 3.05) is 33.9 Å². The first-order valence-corrected chi connectivity index (χ1v) is 23.1. The Bertz CT molecular complexity index is 2590. The van der Waals surface area contributed by atoms with Crippen molar-refractivity contribution in [1.29, 1.82) is 0 Å². The molecule has 66 heavy (non-hydrogen) atoms. The van der Waals surface area contributed by atoms with E-state index in [2.05, 4.69) is 59.2 Å². The van der Waals surface area contributed by atoms with E-state index in [0.717, 1.165) is 98.7 Å². The van der Waals surface area contributed by atoms with Gasteiger partial charge < -0.3 is 39.4 Å². The Morgan fingerprint density at radius 1 is 0.682 bits per heavy atom. The van der Waals surface area contributed by atoms with Crippen LogP contribution >= 0.6 is 0 Å². The zero-order valence-electron chi connectivity index (χ0n) is 38.5. The quantitative estimate of drug-likeness (QED) is 0.195. The van der Waals surface area contributed by atoms with E-state index >= 15 is 0 Å². The second-order valence-electron chi connectivity index (χ2n) is 18.5. The lowest BCUT2D eigenvalue weighted by Crippen LogP contribution is -2.53. The molecule has 14 heteroatoms. The number of likely N-dealkylation sites (tertiary alicyclic amines) is 2. The van der Waals surface area contributed by atoms with Crippen LogP contribution in [0.25, 0.3) is 22.3 Å². The molecule has 0 saturated carbocycles. The van der Waals surface area contributed by atoms with Crippen LogP contribution in [0.3, 0.4) is 0 Å². The molecule has 9 rings (SSSR count). The molecule has 0 aliphatic carbocycles. The first-order chi connectivity index (χ1) is 31.9. The number of nitrogens with one attached hydrogen (secondary N) is 2. The molecule has 2 fully saturated rings. The molecule has 0 bridgehead atoms. The maximum absolute atomic E-state index is 13.8. The largest absolute Gasteiger partial charge is 0.488 e. The molecule has 3 aromatic carbocycles. The summed E-state index contributed by atoms with van der Waals surface area (Å²) in [7, 11) is 2.60. The lowest BCUT2D eigenvalue weighted by Gasteiger charge is -2.35. The molecule has 0 aromatic heterocycles. The summed E-state index contributed by atoms with van der Waals surface area (Å²) in [5.41, 5.74) is 11.1. The van der Waals surface area contributed by atoms with Crippen molar-refractivity contribution in [2.45, 2.75) is 96.5 Å². The molecular formula is C52H58N6O8. The SMILES string of the molecule is COC(=O)N[C@H](C(=O)N1CCC[C@H]1C1=NC=C(c2ccc3c(c2)OC(c2ccccc2)C2=C3COc3cc(C4=CN=C([C@@H]5CCCN5C(=O)[C@@H](NC(=O)OC)C(C)C)C4)ccc32)C1)C(C)C. The van der Waals surface area contributed by atoms with Gasteiger partial charge in [0.1, 0.15) is 36.3 Å². The molecule has 6 heterocycles. The van der Waals surface area contributed by atoms with Gasteiger partial charge in [-0.2, -0.15) is 0 Å². The van der Waals surface area contributed by atoms with E-state index in [-0.39, 0.29) is 41.8 Å². The van der Waals surface area contributed by atoms with Crippen LogP contribution in [0.5, 0.6) is 11.5 Å². The zero-order chi connectivity index (χ0) is 46.2. The number of hydrogen-bond donors (Lipinski definition) is 2. The second-order valence-corrected chi connectivity index (χ2v) is 18.5. The number of rotatable bonds is 11. The van der Waals surface area contributed by atoms with Crippen LogP contribution in [0.2, 0.25) is 0 Å². The topological polar surface area (TPSA) is 160 Å². The van der Waals surface area contributed by atoms with Gasteiger partial charge in [-0.05, 0) is 77.5 Å². The number of allylic oxidation sites excluding steroid dienone is 2. The number of carbonyl (C=O) groups excluding carboxylic acids is 4. The highest BCUT2D eigenvalue weighted by Gasteiger charge is 2.41. The van der Waals surface area contributed by atoms with Crippen LogP contribution in [0, 0.1) is 11.8 Å². The Kier molecular flexibility index (Phi) is 12.6. The van der Waals surface area contributed by atoms with Crippen molar-refractivity contribution >= 4 is 57.7 Å². The summed E-state index contributed by atoms with van der Waals surface area (Å²) in [6.07, 6.45) is 6.76. The van der Waals surface area contributed by atoms with E-state index in [0.29, 0.717) is 32.5 Å². The van der Waals surface area contributed by atoms with Crippen molar-refractivity contribution in [1.82, 2.24) is 20.4 Å². The van der Waals surface area contributed by atoms with Crippen molar-refractivity contribution in [2.24, 2.45) is 21.8 Å². The van der Waals surface area contributed by atoms with E-state index in [1.54, 1.807) is 0 Å². The van der Waals surface area contributed by atoms with Gasteiger partial charge in [0.2, 0.25) is 11.8 Å². The number of hydrogen-bond acceptors (Lipinski definition) is 10. The molecule has 6 aliphatic rings. The van der Waals surface area contributed by atoms with Crippen LogP contribution in [-0.4, -0.2) is 103 Å². The maximum atomic E-state index is 13.8. The van der Waals surface area contributed by atoms with Gasteiger partial charge in [0.15, 0.2) is 0 Å². The van der Waals surface area contributed by atoms with Crippen molar-refractivity contribution < 1.29 is 38.1 Å².